The maximum atomic E-state index is 5.93. The Balaban J connectivity index is 1.98. The first-order valence-electron chi connectivity index (χ1n) is 7.60. The van der Waals surface area contributed by atoms with Gasteiger partial charge in [-0.2, -0.15) is 0 Å². The van der Waals surface area contributed by atoms with Crippen LogP contribution in [0.15, 0.2) is 0 Å². The van der Waals surface area contributed by atoms with Gasteiger partial charge < -0.3 is 10.1 Å². The van der Waals surface area contributed by atoms with Crippen molar-refractivity contribution in [1.82, 2.24) is 9.97 Å². The Kier molecular flexibility index (Phi) is 4.17. The van der Waals surface area contributed by atoms with E-state index in [1.165, 1.54) is 22.1 Å². The molecule has 110 valence electrons. The summed E-state index contributed by atoms with van der Waals surface area (Å²) in [6, 6.07) is 0. The molecule has 1 aliphatic heterocycles. The summed E-state index contributed by atoms with van der Waals surface area (Å²) >= 11 is 2.39. The van der Waals surface area contributed by atoms with Crippen molar-refractivity contribution >= 4 is 28.4 Å². The van der Waals surface area contributed by atoms with Crippen molar-refractivity contribution in [3.8, 4) is 0 Å². The number of ether oxygens (including phenoxy) is 1. The fourth-order valence-electron chi connectivity index (χ4n) is 2.64. The van der Waals surface area contributed by atoms with Gasteiger partial charge in [0.15, 0.2) is 5.82 Å². The second kappa shape index (κ2) is 5.75. The van der Waals surface area contributed by atoms with Gasteiger partial charge in [0.2, 0.25) is 0 Å². The smallest absolute Gasteiger partial charge is 0.162 e. The molecule has 5 heteroatoms. The zero-order valence-corrected chi connectivity index (χ0v) is 14.4. The molecule has 0 aromatic carbocycles. The maximum Gasteiger partial charge on any atom is 0.162 e. The quantitative estimate of drug-likeness (QED) is 0.781. The predicted octanol–water partition coefficient (Wildman–Crippen LogP) is 3.81. The lowest BCUT2D eigenvalue weighted by Crippen LogP contribution is -2.25. The topological polar surface area (TPSA) is 47.0 Å². The van der Waals surface area contributed by atoms with E-state index in [0.717, 1.165) is 44.1 Å². The highest BCUT2D eigenvalue weighted by Crippen LogP contribution is 2.44. The average Bonchev–Trinajstić information content (AvgIpc) is 3.19. The molecule has 1 unspecified atom stereocenters. The van der Waals surface area contributed by atoms with Gasteiger partial charge in [-0.05, 0) is 61.6 Å². The number of nitrogens with one attached hydrogen (secondary N) is 1. The molecule has 1 aromatic rings. The summed E-state index contributed by atoms with van der Waals surface area (Å²) in [5, 5.41) is 3.45. The van der Waals surface area contributed by atoms with Gasteiger partial charge >= 0.3 is 0 Å². The van der Waals surface area contributed by atoms with E-state index in [4.69, 9.17) is 14.7 Å². The molecule has 1 N–H and O–H groups in total. The van der Waals surface area contributed by atoms with Crippen molar-refractivity contribution in [2.24, 2.45) is 0 Å². The maximum absolute atomic E-state index is 5.93. The standard InChI is InChI=1S/C15H22IN3O/c1-3-8-17-13-11(16)12(10-5-6-10)18-14(19-13)15(2)7-4-9-20-15/h10H,3-9H2,1-2H3,(H,17,18,19). The van der Waals surface area contributed by atoms with Gasteiger partial charge in [0.05, 0.1) is 9.26 Å². The molecular weight excluding hydrogens is 365 g/mol. The Morgan fingerprint density at radius 1 is 1.40 bits per heavy atom. The first-order valence-corrected chi connectivity index (χ1v) is 8.67. The van der Waals surface area contributed by atoms with Gasteiger partial charge in [0, 0.05) is 19.1 Å². The van der Waals surface area contributed by atoms with Crippen LogP contribution in [0.3, 0.4) is 0 Å². The molecule has 0 amide bonds. The molecular formula is C15H22IN3O. The number of hydrogen-bond acceptors (Lipinski definition) is 4. The normalized spacial score (nSPS) is 25.9. The van der Waals surface area contributed by atoms with Crippen molar-refractivity contribution in [3.05, 3.63) is 15.1 Å². The van der Waals surface area contributed by atoms with E-state index in [9.17, 15) is 0 Å². The Morgan fingerprint density at radius 3 is 2.80 bits per heavy atom. The molecule has 0 bridgehead atoms. The summed E-state index contributed by atoms with van der Waals surface area (Å²) in [6.07, 6.45) is 5.74. The number of nitrogens with zero attached hydrogens (tertiary/aromatic N) is 2. The highest BCUT2D eigenvalue weighted by Gasteiger charge is 2.37. The predicted molar refractivity (Wildman–Crippen MR) is 88.0 cm³/mol. The molecule has 0 radical (unpaired) electrons. The Hall–Kier alpha value is -0.430. The third kappa shape index (κ3) is 2.79. The summed E-state index contributed by atoms with van der Waals surface area (Å²) in [6.45, 7) is 6.07. The van der Waals surface area contributed by atoms with Crippen molar-refractivity contribution in [2.75, 3.05) is 18.5 Å². The van der Waals surface area contributed by atoms with E-state index < -0.39 is 0 Å². The summed E-state index contributed by atoms with van der Waals surface area (Å²) in [5.41, 5.74) is 0.933. The summed E-state index contributed by atoms with van der Waals surface area (Å²) < 4.78 is 7.12. The molecule has 1 saturated heterocycles. The Labute approximate surface area is 134 Å². The monoisotopic (exact) mass is 387 g/mol. The van der Waals surface area contributed by atoms with Crippen LogP contribution >= 0.6 is 22.6 Å². The zero-order chi connectivity index (χ0) is 14.2. The highest BCUT2D eigenvalue weighted by atomic mass is 127. The first kappa shape index (κ1) is 14.5. The average molecular weight is 387 g/mol. The fraction of sp³-hybridized carbons (Fsp3) is 0.733. The van der Waals surface area contributed by atoms with Gasteiger partial charge in [-0.15, -0.1) is 0 Å². The molecule has 1 atom stereocenters. The lowest BCUT2D eigenvalue weighted by atomic mass is 10.0. The Morgan fingerprint density at radius 2 is 2.20 bits per heavy atom. The number of anilines is 1. The van der Waals surface area contributed by atoms with Crippen molar-refractivity contribution in [2.45, 2.75) is 57.5 Å². The van der Waals surface area contributed by atoms with Crippen molar-refractivity contribution in [1.29, 1.82) is 0 Å². The molecule has 3 rings (SSSR count). The third-order valence-electron chi connectivity index (χ3n) is 4.08. The summed E-state index contributed by atoms with van der Waals surface area (Å²) in [5.74, 6) is 2.50. The van der Waals surface area contributed by atoms with Crippen LogP contribution in [0.4, 0.5) is 5.82 Å². The molecule has 2 heterocycles. The number of rotatable bonds is 5. The first-order chi connectivity index (χ1) is 9.64. The fourth-order valence-corrected chi connectivity index (χ4v) is 3.52. The van der Waals surface area contributed by atoms with Gasteiger partial charge in [0.25, 0.3) is 0 Å². The minimum Gasteiger partial charge on any atom is -0.369 e. The molecule has 2 aliphatic rings. The van der Waals surface area contributed by atoms with E-state index >= 15 is 0 Å². The molecule has 1 aliphatic carbocycles. The zero-order valence-electron chi connectivity index (χ0n) is 12.2. The van der Waals surface area contributed by atoms with Gasteiger partial charge in [0.1, 0.15) is 11.4 Å². The second-order valence-electron chi connectivity index (χ2n) is 5.98. The van der Waals surface area contributed by atoms with Crippen LogP contribution in [0.25, 0.3) is 0 Å². The molecule has 4 nitrogen and oxygen atoms in total. The summed E-state index contributed by atoms with van der Waals surface area (Å²) in [4.78, 5) is 9.65. The van der Waals surface area contributed by atoms with E-state index in [-0.39, 0.29) is 5.60 Å². The van der Waals surface area contributed by atoms with E-state index in [0.29, 0.717) is 5.92 Å². The van der Waals surface area contributed by atoms with Crippen LogP contribution < -0.4 is 5.32 Å². The van der Waals surface area contributed by atoms with Crippen LogP contribution in [0.5, 0.6) is 0 Å². The molecule has 1 saturated carbocycles. The number of halogens is 1. The lowest BCUT2D eigenvalue weighted by molar-refractivity contribution is 0.00923. The molecule has 2 fully saturated rings. The van der Waals surface area contributed by atoms with Crippen LogP contribution in [0.1, 0.15) is 63.4 Å². The minimum absolute atomic E-state index is 0.295. The van der Waals surface area contributed by atoms with Crippen LogP contribution in [-0.2, 0) is 10.3 Å². The SMILES string of the molecule is CCCNc1nc(C2(C)CCCO2)nc(C2CC2)c1I. The molecule has 20 heavy (non-hydrogen) atoms. The largest absolute Gasteiger partial charge is 0.369 e. The van der Waals surface area contributed by atoms with E-state index in [1.807, 2.05) is 0 Å². The van der Waals surface area contributed by atoms with Crippen LogP contribution in [0, 0.1) is 3.57 Å². The number of aromatic nitrogens is 2. The number of hydrogen-bond donors (Lipinski definition) is 1. The van der Waals surface area contributed by atoms with Crippen molar-refractivity contribution < 1.29 is 4.74 Å². The van der Waals surface area contributed by atoms with E-state index in [2.05, 4.69) is 41.8 Å². The van der Waals surface area contributed by atoms with Crippen LogP contribution in [0.2, 0.25) is 0 Å². The molecule has 1 aromatic heterocycles. The van der Waals surface area contributed by atoms with Gasteiger partial charge in [-0.25, -0.2) is 9.97 Å². The van der Waals surface area contributed by atoms with E-state index in [1.54, 1.807) is 0 Å². The molecule has 0 spiro atoms. The summed E-state index contributed by atoms with van der Waals surface area (Å²) in [7, 11) is 0. The van der Waals surface area contributed by atoms with Gasteiger partial charge in [-0.1, -0.05) is 6.92 Å². The van der Waals surface area contributed by atoms with Gasteiger partial charge in [-0.3, -0.25) is 0 Å². The Bertz CT molecular complexity index is 496. The lowest BCUT2D eigenvalue weighted by Gasteiger charge is -2.23. The van der Waals surface area contributed by atoms with Crippen LogP contribution in [-0.4, -0.2) is 23.1 Å². The highest BCUT2D eigenvalue weighted by molar-refractivity contribution is 14.1. The minimum atomic E-state index is -0.295. The van der Waals surface area contributed by atoms with Crippen molar-refractivity contribution in [3.63, 3.8) is 0 Å². The second-order valence-corrected chi connectivity index (χ2v) is 7.06. The third-order valence-corrected chi connectivity index (χ3v) is 5.14.